The molecule has 2 fully saturated rings. The van der Waals surface area contributed by atoms with Crippen LogP contribution in [-0.2, 0) is 14.3 Å². The molecule has 0 spiro atoms. The lowest BCUT2D eigenvalue weighted by Gasteiger charge is -2.35. The van der Waals surface area contributed by atoms with Gasteiger partial charge in [0.1, 0.15) is 18.4 Å². The third-order valence-corrected chi connectivity index (χ3v) is 5.15. The van der Waals surface area contributed by atoms with Crippen molar-refractivity contribution in [1.29, 1.82) is 0 Å². The first-order chi connectivity index (χ1) is 13.4. The molecule has 2 saturated heterocycles. The second-order valence-corrected chi connectivity index (χ2v) is 7.22. The van der Waals surface area contributed by atoms with Crippen molar-refractivity contribution in [3.8, 4) is 5.75 Å². The lowest BCUT2D eigenvalue weighted by molar-refractivity contribution is -0.136. The molecule has 0 saturated carbocycles. The van der Waals surface area contributed by atoms with Gasteiger partial charge >= 0.3 is 0 Å². The number of carbonyl (C=O) groups is 4. The predicted octanol–water partition coefficient (Wildman–Crippen LogP) is -0.203. The van der Waals surface area contributed by atoms with Crippen LogP contribution in [-0.4, -0.2) is 78.9 Å². The molecule has 0 aliphatic carbocycles. The van der Waals surface area contributed by atoms with Crippen LogP contribution < -0.4 is 10.1 Å². The molecule has 28 heavy (non-hydrogen) atoms. The number of hydrogen-bond donors (Lipinski definition) is 1. The fourth-order valence-corrected chi connectivity index (χ4v) is 3.66. The molecule has 1 aromatic carbocycles. The highest BCUT2D eigenvalue weighted by atomic mass is 16.5. The Morgan fingerprint density at radius 2 is 1.82 bits per heavy atom. The van der Waals surface area contributed by atoms with Crippen LogP contribution in [0, 0.1) is 0 Å². The number of hydrogen-bond acceptors (Lipinski definition) is 7. The van der Waals surface area contributed by atoms with Crippen molar-refractivity contribution in [1.82, 2.24) is 15.1 Å². The predicted molar refractivity (Wildman–Crippen MR) is 95.8 cm³/mol. The summed E-state index contributed by atoms with van der Waals surface area (Å²) < 4.78 is 11.3. The molecule has 0 radical (unpaired) electrons. The van der Waals surface area contributed by atoms with Crippen molar-refractivity contribution in [2.45, 2.75) is 25.0 Å². The van der Waals surface area contributed by atoms with E-state index in [0.717, 1.165) is 18.0 Å². The number of benzene rings is 1. The van der Waals surface area contributed by atoms with Crippen LogP contribution in [0.5, 0.6) is 5.75 Å². The average Bonchev–Trinajstić information content (AvgIpc) is 2.88. The molecular formula is C19H21N3O6. The van der Waals surface area contributed by atoms with Crippen molar-refractivity contribution in [3.63, 3.8) is 0 Å². The molecule has 1 N–H and O–H groups in total. The van der Waals surface area contributed by atoms with E-state index in [1.807, 2.05) is 7.05 Å². The third kappa shape index (κ3) is 3.38. The molecule has 1 atom stereocenters. The summed E-state index contributed by atoms with van der Waals surface area (Å²) in [6.45, 7) is 2.58. The van der Waals surface area contributed by atoms with E-state index in [1.54, 1.807) is 6.07 Å². The molecule has 1 unspecified atom stereocenters. The standard InChI is InChI=1S/C19H21N3O6/c1-21-9-12(10-21)28-7-6-27-11-2-3-13-14(8-11)19(26)22(18(13)25)15-4-5-16(23)20-17(15)24/h2-3,8,12,15H,4-7,9-10H2,1H3,(H,20,23,24). The van der Waals surface area contributed by atoms with Gasteiger partial charge in [-0.3, -0.25) is 29.4 Å². The summed E-state index contributed by atoms with van der Waals surface area (Å²) in [4.78, 5) is 51.8. The van der Waals surface area contributed by atoms with Crippen LogP contribution in [0.2, 0.25) is 0 Å². The number of imide groups is 2. The number of fused-ring (bicyclic) bond motifs is 1. The Morgan fingerprint density at radius 3 is 2.54 bits per heavy atom. The van der Waals surface area contributed by atoms with Crippen LogP contribution >= 0.6 is 0 Å². The minimum atomic E-state index is -0.969. The fraction of sp³-hybridized carbons (Fsp3) is 0.474. The van der Waals surface area contributed by atoms with Gasteiger partial charge in [0.05, 0.1) is 23.8 Å². The van der Waals surface area contributed by atoms with Crippen molar-refractivity contribution < 1.29 is 28.7 Å². The highest BCUT2D eigenvalue weighted by molar-refractivity contribution is 6.23. The number of nitrogens with one attached hydrogen (secondary N) is 1. The quantitative estimate of drug-likeness (QED) is 0.532. The Labute approximate surface area is 161 Å². The molecule has 3 heterocycles. The number of ether oxygens (including phenoxy) is 2. The molecule has 0 aromatic heterocycles. The normalized spacial score (nSPS) is 22.9. The van der Waals surface area contributed by atoms with Gasteiger partial charge in [-0.2, -0.15) is 0 Å². The smallest absolute Gasteiger partial charge is 0.262 e. The van der Waals surface area contributed by atoms with Crippen LogP contribution in [0.25, 0.3) is 0 Å². The van der Waals surface area contributed by atoms with E-state index in [1.165, 1.54) is 12.1 Å². The van der Waals surface area contributed by atoms with Gasteiger partial charge in [-0.05, 0) is 31.7 Å². The molecule has 1 aromatic rings. The van der Waals surface area contributed by atoms with Crippen LogP contribution in [0.1, 0.15) is 33.6 Å². The molecule has 9 heteroatoms. The summed E-state index contributed by atoms with van der Waals surface area (Å²) in [6, 6.07) is 3.69. The van der Waals surface area contributed by atoms with E-state index in [2.05, 4.69) is 10.2 Å². The van der Waals surface area contributed by atoms with Crippen molar-refractivity contribution in [2.24, 2.45) is 0 Å². The first kappa shape index (κ1) is 18.6. The molecule has 4 rings (SSSR count). The molecule has 148 valence electrons. The lowest BCUT2D eigenvalue weighted by Crippen LogP contribution is -2.54. The van der Waals surface area contributed by atoms with Gasteiger partial charge in [-0.15, -0.1) is 0 Å². The van der Waals surface area contributed by atoms with Crippen molar-refractivity contribution >= 4 is 23.6 Å². The fourth-order valence-electron chi connectivity index (χ4n) is 3.66. The van der Waals surface area contributed by atoms with Crippen molar-refractivity contribution in [2.75, 3.05) is 33.4 Å². The topological polar surface area (TPSA) is 105 Å². The van der Waals surface area contributed by atoms with E-state index in [0.29, 0.717) is 19.0 Å². The zero-order valence-electron chi connectivity index (χ0n) is 15.5. The number of likely N-dealkylation sites (tertiary alicyclic amines) is 1. The Balaban J connectivity index is 1.39. The number of nitrogens with zero attached hydrogens (tertiary/aromatic N) is 2. The summed E-state index contributed by atoms with van der Waals surface area (Å²) in [7, 11) is 2.03. The van der Waals surface area contributed by atoms with E-state index >= 15 is 0 Å². The molecule has 3 aliphatic heterocycles. The summed E-state index contributed by atoms with van der Waals surface area (Å²) in [6.07, 6.45) is 0.456. The highest BCUT2D eigenvalue weighted by Gasteiger charge is 2.44. The number of carbonyl (C=O) groups excluding carboxylic acids is 4. The Kier molecular flexibility index (Phi) is 4.86. The zero-order chi connectivity index (χ0) is 19.8. The van der Waals surface area contributed by atoms with Crippen LogP contribution in [0.15, 0.2) is 18.2 Å². The number of likely N-dealkylation sites (N-methyl/N-ethyl adjacent to an activating group) is 1. The van der Waals surface area contributed by atoms with Gasteiger partial charge in [0, 0.05) is 19.5 Å². The maximum Gasteiger partial charge on any atom is 0.262 e. The van der Waals surface area contributed by atoms with Gasteiger partial charge in [-0.25, -0.2) is 0 Å². The van der Waals surface area contributed by atoms with E-state index in [4.69, 9.17) is 9.47 Å². The van der Waals surface area contributed by atoms with Gasteiger partial charge in [0.25, 0.3) is 11.8 Å². The van der Waals surface area contributed by atoms with Gasteiger partial charge in [0.2, 0.25) is 11.8 Å². The molecular weight excluding hydrogens is 366 g/mol. The largest absolute Gasteiger partial charge is 0.491 e. The van der Waals surface area contributed by atoms with Crippen LogP contribution in [0.4, 0.5) is 0 Å². The first-order valence-corrected chi connectivity index (χ1v) is 9.22. The van der Waals surface area contributed by atoms with Crippen molar-refractivity contribution in [3.05, 3.63) is 29.3 Å². The zero-order valence-corrected chi connectivity index (χ0v) is 15.5. The van der Waals surface area contributed by atoms with Gasteiger partial charge < -0.3 is 14.4 Å². The SMILES string of the molecule is CN1CC(OCCOc2ccc3c(c2)C(=O)N(C2CCC(=O)NC2=O)C3=O)C1. The second kappa shape index (κ2) is 7.33. The first-order valence-electron chi connectivity index (χ1n) is 9.22. The van der Waals surface area contributed by atoms with Gasteiger partial charge in [-0.1, -0.05) is 0 Å². The minimum Gasteiger partial charge on any atom is -0.491 e. The molecule has 9 nitrogen and oxygen atoms in total. The minimum absolute atomic E-state index is 0.0922. The summed E-state index contributed by atoms with van der Waals surface area (Å²) >= 11 is 0. The van der Waals surface area contributed by atoms with Crippen LogP contribution in [0.3, 0.4) is 0 Å². The summed E-state index contributed by atoms with van der Waals surface area (Å²) in [5.41, 5.74) is 0.435. The molecule has 0 bridgehead atoms. The average molecular weight is 387 g/mol. The Morgan fingerprint density at radius 1 is 1.07 bits per heavy atom. The Bertz CT molecular complexity index is 848. The van der Waals surface area contributed by atoms with Gasteiger partial charge in [0.15, 0.2) is 0 Å². The molecule has 4 amide bonds. The third-order valence-electron chi connectivity index (χ3n) is 5.15. The monoisotopic (exact) mass is 387 g/mol. The summed E-state index contributed by atoms with van der Waals surface area (Å²) in [5.74, 6) is -1.64. The summed E-state index contributed by atoms with van der Waals surface area (Å²) in [5, 5.41) is 2.18. The Hall–Kier alpha value is -2.78. The van der Waals surface area contributed by atoms with E-state index in [-0.39, 0.29) is 30.1 Å². The lowest BCUT2D eigenvalue weighted by atomic mass is 10.0. The van der Waals surface area contributed by atoms with E-state index < -0.39 is 29.7 Å². The number of amides is 4. The maximum absolute atomic E-state index is 12.7. The van der Waals surface area contributed by atoms with E-state index in [9.17, 15) is 19.2 Å². The maximum atomic E-state index is 12.7. The molecule has 3 aliphatic rings. The second-order valence-electron chi connectivity index (χ2n) is 7.22. The number of rotatable bonds is 6. The highest BCUT2D eigenvalue weighted by Crippen LogP contribution is 2.30. The number of piperidine rings is 1.